The Balaban J connectivity index is 2.09. The molecule has 0 atom stereocenters. The lowest BCUT2D eigenvalue weighted by molar-refractivity contribution is 0.00578. The summed E-state index contributed by atoms with van der Waals surface area (Å²) in [6.45, 7) is 8.10. The molecular formula is C20H23BO4. The van der Waals surface area contributed by atoms with Crippen molar-refractivity contribution in [2.75, 3.05) is 7.11 Å². The minimum Gasteiger partial charge on any atom is -0.465 e. The van der Waals surface area contributed by atoms with Gasteiger partial charge in [0.1, 0.15) is 0 Å². The fraction of sp³-hybridized carbons (Fsp3) is 0.350. The normalized spacial score (nSPS) is 18.2. The molecule has 130 valence electrons. The van der Waals surface area contributed by atoms with E-state index < -0.39 is 18.3 Å². The quantitative estimate of drug-likeness (QED) is 0.635. The van der Waals surface area contributed by atoms with Crippen LogP contribution in [0.5, 0.6) is 0 Å². The number of carbonyl (C=O) groups is 1. The highest BCUT2D eigenvalue weighted by Crippen LogP contribution is 2.37. The smallest absolute Gasteiger partial charge is 0.465 e. The third-order valence-corrected chi connectivity index (χ3v) is 5.07. The first-order valence-corrected chi connectivity index (χ1v) is 8.38. The highest BCUT2D eigenvalue weighted by atomic mass is 16.7. The minimum atomic E-state index is -0.494. The zero-order chi connectivity index (χ0) is 18.2. The van der Waals surface area contributed by atoms with E-state index in [-0.39, 0.29) is 5.97 Å². The lowest BCUT2D eigenvalue weighted by Crippen LogP contribution is -2.41. The minimum absolute atomic E-state index is 0.363. The van der Waals surface area contributed by atoms with Gasteiger partial charge in [0.25, 0.3) is 0 Å². The second kappa shape index (κ2) is 6.32. The number of methoxy groups -OCH3 is 1. The highest BCUT2D eigenvalue weighted by molar-refractivity contribution is 6.64. The molecule has 3 rings (SSSR count). The Morgan fingerprint density at radius 1 is 0.960 bits per heavy atom. The Labute approximate surface area is 149 Å². The third-order valence-electron chi connectivity index (χ3n) is 5.07. The van der Waals surface area contributed by atoms with Crippen molar-refractivity contribution in [2.24, 2.45) is 0 Å². The molecule has 0 saturated carbocycles. The Morgan fingerprint density at radius 2 is 1.56 bits per heavy atom. The number of rotatable bonds is 3. The predicted octanol–water partition coefficient (Wildman–Crippen LogP) is 3.44. The van der Waals surface area contributed by atoms with Gasteiger partial charge in [-0.25, -0.2) is 4.79 Å². The molecule has 1 fully saturated rings. The number of hydrogen-bond acceptors (Lipinski definition) is 4. The van der Waals surface area contributed by atoms with Crippen molar-refractivity contribution >= 4 is 18.6 Å². The van der Waals surface area contributed by atoms with Crippen molar-refractivity contribution in [3.8, 4) is 11.1 Å². The second-order valence-electron chi connectivity index (χ2n) is 7.25. The molecule has 1 heterocycles. The molecule has 2 aromatic carbocycles. The van der Waals surface area contributed by atoms with E-state index in [4.69, 9.17) is 14.0 Å². The van der Waals surface area contributed by atoms with Crippen LogP contribution in [0.25, 0.3) is 11.1 Å². The SMILES string of the molecule is COC(=O)c1ccc(B2OC(C)(C)C(C)(C)O2)c(-c2ccccc2)c1. The van der Waals surface area contributed by atoms with Gasteiger partial charge in [0.2, 0.25) is 0 Å². The van der Waals surface area contributed by atoms with E-state index in [1.54, 1.807) is 6.07 Å². The monoisotopic (exact) mass is 338 g/mol. The van der Waals surface area contributed by atoms with Gasteiger partial charge in [0.15, 0.2) is 0 Å². The van der Waals surface area contributed by atoms with E-state index >= 15 is 0 Å². The molecule has 0 unspecified atom stereocenters. The first kappa shape index (κ1) is 17.7. The topological polar surface area (TPSA) is 44.8 Å². The van der Waals surface area contributed by atoms with Gasteiger partial charge in [-0.05, 0) is 56.4 Å². The molecule has 0 spiro atoms. The molecule has 1 saturated heterocycles. The van der Waals surface area contributed by atoms with E-state index in [1.807, 2.05) is 70.2 Å². The van der Waals surface area contributed by atoms with Crippen LogP contribution < -0.4 is 5.46 Å². The van der Waals surface area contributed by atoms with Crippen LogP contribution in [0.15, 0.2) is 48.5 Å². The van der Waals surface area contributed by atoms with E-state index in [0.29, 0.717) is 5.56 Å². The average molecular weight is 338 g/mol. The molecule has 0 N–H and O–H groups in total. The lowest BCUT2D eigenvalue weighted by atomic mass is 9.74. The molecule has 1 aliphatic rings. The Bertz CT molecular complexity index is 768. The zero-order valence-corrected chi connectivity index (χ0v) is 15.3. The van der Waals surface area contributed by atoms with Gasteiger partial charge in [-0.1, -0.05) is 36.4 Å². The molecule has 0 bridgehead atoms. The maximum atomic E-state index is 12.0. The summed E-state index contributed by atoms with van der Waals surface area (Å²) in [4.78, 5) is 12.0. The van der Waals surface area contributed by atoms with Crippen molar-refractivity contribution in [2.45, 2.75) is 38.9 Å². The van der Waals surface area contributed by atoms with Gasteiger partial charge < -0.3 is 14.0 Å². The van der Waals surface area contributed by atoms with Crippen LogP contribution in [0.4, 0.5) is 0 Å². The van der Waals surface area contributed by atoms with E-state index in [0.717, 1.165) is 16.6 Å². The second-order valence-corrected chi connectivity index (χ2v) is 7.25. The van der Waals surface area contributed by atoms with Crippen LogP contribution in [0, 0.1) is 0 Å². The molecule has 0 aromatic heterocycles. The number of esters is 1. The van der Waals surface area contributed by atoms with Crippen LogP contribution >= 0.6 is 0 Å². The number of hydrogen-bond donors (Lipinski definition) is 0. The Hall–Kier alpha value is -2.11. The summed E-state index contributed by atoms with van der Waals surface area (Å²) in [5.74, 6) is -0.363. The maximum absolute atomic E-state index is 12.0. The van der Waals surface area contributed by atoms with Crippen molar-refractivity contribution in [1.82, 2.24) is 0 Å². The molecular weight excluding hydrogens is 315 g/mol. The van der Waals surface area contributed by atoms with Crippen LogP contribution in [-0.2, 0) is 14.0 Å². The van der Waals surface area contributed by atoms with Crippen LogP contribution in [0.2, 0.25) is 0 Å². The summed E-state index contributed by atoms with van der Waals surface area (Å²) in [6, 6.07) is 15.4. The standard InChI is InChI=1S/C20H23BO4/c1-19(2)20(3,4)25-21(24-19)17-12-11-15(18(22)23-5)13-16(17)14-9-7-6-8-10-14/h6-13H,1-5H3. The summed E-state index contributed by atoms with van der Waals surface area (Å²) in [6.07, 6.45) is 0. The van der Waals surface area contributed by atoms with Gasteiger partial charge in [-0.2, -0.15) is 0 Å². The molecule has 2 aromatic rings. The summed E-state index contributed by atoms with van der Waals surface area (Å²) >= 11 is 0. The van der Waals surface area contributed by atoms with Gasteiger partial charge in [-0.3, -0.25) is 0 Å². The molecule has 1 aliphatic heterocycles. The first-order valence-electron chi connectivity index (χ1n) is 8.38. The molecule has 0 radical (unpaired) electrons. The van der Waals surface area contributed by atoms with Gasteiger partial charge in [0, 0.05) is 0 Å². The summed E-state index contributed by atoms with van der Waals surface area (Å²) < 4.78 is 17.3. The van der Waals surface area contributed by atoms with Crippen LogP contribution in [0.3, 0.4) is 0 Å². The van der Waals surface area contributed by atoms with Crippen molar-refractivity contribution in [3.05, 3.63) is 54.1 Å². The number of benzene rings is 2. The third kappa shape index (κ3) is 3.22. The Kier molecular flexibility index (Phi) is 4.48. The number of carbonyl (C=O) groups excluding carboxylic acids is 1. The van der Waals surface area contributed by atoms with Crippen molar-refractivity contribution in [1.29, 1.82) is 0 Å². The lowest BCUT2D eigenvalue weighted by Gasteiger charge is -2.32. The van der Waals surface area contributed by atoms with Gasteiger partial charge in [-0.15, -0.1) is 0 Å². The van der Waals surface area contributed by atoms with Crippen molar-refractivity contribution < 1.29 is 18.8 Å². The van der Waals surface area contributed by atoms with Crippen LogP contribution in [0.1, 0.15) is 38.1 Å². The summed E-state index contributed by atoms with van der Waals surface area (Å²) in [7, 11) is 0.888. The molecule has 0 aliphatic carbocycles. The summed E-state index contributed by atoms with van der Waals surface area (Å²) in [5, 5.41) is 0. The molecule has 25 heavy (non-hydrogen) atoms. The summed E-state index contributed by atoms with van der Waals surface area (Å²) in [5.41, 5.74) is 2.46. The van der Waals surface area contributed by atoms with E-state index in [1.165, 1.54) is 7.11 Å². The fourth-order valence-corrected chi connectivity index (χ4v) is 2.84. The highest BCUT2D eigenvalue weighted by Gasteiger charge is 2.52. The molecule has 4 nitrogen and oxygen atoms in total. The average Bonchev–Trinajstić information content (AvgIpc) is 2.82. The van der Waals surface area contributed by atoms with E-state index in [2.05, 4.69) is 0 Å². The van der Waals surface area contributed by atoms with Crippen molar-refractivity contribution in [3.63, 3.8) is 0 Å². The van der Waals surface area contributed by atoms with Gasteiger partial charge in [0.05, 0.1) is 23.9 Å². The van der Waals surface area contributed by atoms with Crippen LogP contribution in [-0.4, -0.2) is 31.4 Å². The molecule has 0 amide bonds. The molecule has 5 heteroatoms. The predicted molar refractivity (Wildman–Crippen MR) is 98.9 cm³/mol. The zero-order valence-electron chi connectivity index (χ0n) is 15.3. The van der Waals surface area contributed by atoms with Gasteiger partial charge >= 0.3 is 13.1 Å². The fourth-order valence-electron chi connectivity index (χ4n) is 2.84. The Morgan fingerprint density at radius 3 is 2.12 bits per heavy atom. The van der Waals surface area contributed by atoms with E-state index in [9.17, 15) is 4.79 Å². The maximum Gasteiger partial charge on any atom is 0.495 e. The largest absolute Gasteiger partial charge is 0.495 e. The first-order chi connectivity index (χ1) is 11.7. The number of ether oxygens (including phenoxy) is 1.